The number of nitrogens with zero attached hydrogens (tertiary/aromatic N) is 1. The van der Waals surface area contributed by atoms with E-state index in [0.29, 0.717) is 19.3 Å². The zero-order valence-electron chi connectivity index (χ0n) is 76.0. The number of aliphatic carboxylic acids is 2. The molecule has 2 rings (SSSR count). The molecule has 1 aromatic carbocycles. The molecule has 750 valence electrons. The second-order valence-electron chi connectivity index (χ2n) is 33.2. The minimum Gasteiger partial charge on any atom is -0.508 e. The molecule has 0 spiro atoms. The van der Waals surface area contributed by atoms with E-state index in [-0.39, 0.29) is 81.8 Å². The van der Waals surface area contributed by atoms with Gasteiger partial charge in [0.2, 0.25) is 118 Å². The summed E-state index contributed by atoms with van der Waals surface area (Å²) in [5.41, 5.74) is 33.3. The minimum absolute atomic E-state index is 0.0203. The number of phenols is 1. The van der Waals surface area contributed by atoms with Gasteiger partial charge in [0.25, 0.3) is 0 Å². The Morgan fingerprint density at radius 1 is 0.425 bits per heavy atom. The molecule has 0 bridgehead atoms. The largest absolute Gasteiger partial charge is 0.508 e. The Hall–Kier alpha value is -13.6. The monoisotopic (exact) mass is 1900 g/mol. The molecule has 0 radical (unpaired) electrons. The van der Waals surface area contributed by atoms with E-state index in [4.69, 9.17) is 39.8 Å². The number of guanidine groups is 1. The number of likely N-dealkylation sites (tertiary alicyclic amines) is 1. The van der Waals surface area contributed by atoms with E-state index >= 15 is 0 Å². The average Bonchev–Trinajstić information content (AvgIpc) is 1.66. The molecule has 1 aromatic rings. The number of unbranched alkanes of at least 4 members (excludes halogenated alkanes) is 1. The van der Waals surface area contributed by atoms with Gasteiger partial charge in [-0.3, -0.25) is 111 Å². The van der Waals surface area contributed by atoms with Gasteiger partial charge in [-0.25, -0.2) is 0 Å². The van der Waals surface area contributed by atoms with Gasteiger partial charge in [-0.1, -0.05) is 53.7 Å². The van der Waals surface area contributed by atoms with Crippen LogP contribution in [0.25, 0.3) is 0 Å². The summed E-state index contributed by atoms with van der Waals surface area (Å²) >= 11 is 0. The summed E-state index contributed by atoms with van der Waals surface area (Å²) < 4.78 is 0. The summed E-state index contributed by atoms with van der Waals surface area (Å²) in [6, 6.07) is -19.2. The maximum Gasteiger partial charge on any atom is 0.303 e. The molecule has 53 nitrogen and oxygen atoms in total. The van der Waals surface area contributed by atoms with Crippen molar-refractivity contribution in [1.82, 2.24) is 95.3 Å². The fourth-order valence-electron chi connectivity index (χ4n) is 13.2. The SMILES string of the molecule is CC(C)C[C@H](NC(=O)[C@H](CC(N)=O)NC(=O)CNC(=O)[C@H](CC(C)C)NC(=O)[C@@H]1CCCN1C(=O)CNC(=O)[C@H](CO)NC(=O)[C@@H](N)[C@@H](C)O)C(=O)N[C@@H](C)C(=O)N[C@@H](CCC(=O)O)C(=O)N[C@@H](CCC(=O)O)C(=O)N[C@@H](CC(C)C)C(=O)N[C@@H](CC(N)=O)C(=O)NCC(=O)N[C@@H](Cc1ccc(O)cc1)C(=O)N[C@@H](CO)C(=O)N[C@@H](CCCNC(=N)N)C(=O)N[C@@H](CCCCN)C(N)=O. The summed E-state index contributed by atoms with van der Waals surface area (Å²) in [5, 5.41) is 106. The van der Waals surface area contributed by atoms with E-state index in [9.17, 15) is 136 Å². The molecule has 134 heavy (non-hydrogen) atoms. The third kappa shape index (κ3) is 44.6. The van der Waals surface area contributed by atoms with Crippen LogP contribution in [0.3, 0.4) is 0 Å². The Kier molecular flexibility index (Phi) is 51.9. The van der Waals surface area contributed by atoms with E-state index < -0.39 is 322 Å². The first-order valence-corrected chi connectivity index (χ1v) is 43.4. The first-order chi connectivity index (χ1) is 62.8. The molecular weight excluding hydrogens is 1770 g/mol. The number of carboxylic acids is 2. The number of carboxylic acid groups (broad SMARTS) is 2. The van der Waals surface area contributed by atoms with Crippen LogP contribution in [0.1, 0.15) is 164 Å². The Balaban J connectivity index is 2.35. The molecule has 1 heterocycles. The Labute approximate surface area is 771 Å². The number of primary amides is 3. The number of phenolic OH excluding ortho intramolecular Hbond substituents is 1. The number of carbonyl (C=O) groups is 22. The summed E-state index contributed by atoms with van der Waals surface area (Å²) in [5.74, 6) is -26.6. The summed E-state index contributed by atoms with van der Waals surface area (Å²) in [6.45, 7) is 7.81. The number of hydrogen-bond acceptors (Lipinski definition) is 29. The number of nitrogens with one attached hydrogen (secondary N) is 18. The molecule has 1 aliphatic rings. The Morgan fingerprint density at radius 2 is 0.799 bits per heavy atom. The third-order valence-electron chi connectivity index (χ3n) is 20.3. The highest BCUT2D eigenvalue weighted by Gasteiger charge is 2.41. The van der Waals surface area contributed by atoms with Crippen LogP contribution in [0.15, 0.2) is 24.3 Å². The van der Waals surface area contributed by atoms with Gasteiger partial charge in [0.05, 0.1) is 51.8 Å². The maximum atomic E-state index is 14.4. The first-order valence-electron chi connectivity index (χ1n) is 43.4. The second-order valence-corrected chi connectivity index (χ2v) is 33.2. The lowest BCUT2D eigenvalue weighted by atomic mass is 10.0. The molecule has 1 saturated heterocycles. The van der Waals surface area contributed by atoms with Crippen LogP contribution in [-0.4, -0.2) is 321 Å². The molecule has 20 amide bonds. The van der Waals surface area contributed by atoms with E-state index in [1.807, 2.05) is 0 Å². The van der Waals surface area contributed by atoms with Crippen molar-refractivity contribution in [1.29, 1.82) is 5.41 Å². The Bertz CT molecular complexity index is 4250. The van der Waals surface area contributed by atoms with Crippen molar-refractivity contribution in [2.75, 3.05) is 52.5 Å². The quantitative estimate of drug-likeness (QED) is 0.0164. The van der Waals surface area contributed by atoms with Crippen molar-refractivity contribution < 1.29 is 136 Å². The molecule has 36 N–H and O–H groups in total. The van der Waals surface area contributed by atoms with E-state index in [1.165, 1.54) is 31.2 Å². The number of hydrogen-bond donors (Lipinski definition) is 30. The van der Waals surface area contributed by atoms with Gasteiger partial charge in [-0.15, -0.1) is 0 Å². The highest BCUT2D eigenvalue weighted by Crippen LogP contribution is 2.20. The number of rotatable bonds is 63. The lowest BCUT2D eigenvalue weighted by Crippen LogP contribution is -2.60. The fourth-order valence-corrected chi connectivity index (χ4v) is 13.2. The predicted molar refractivity (Wildman–Crippen MR) is 471 cm³/mol. The number of aromatic hydroxyl groups is 1. The molecular formula is C81H133N25O28. The van der Waals surface area contributed by atoms with Gasteiger partial charge >= 0.3 is 11.9 Å². The van der Waals surface area contributed by atoms with Crippen LogP contribution in [0.2, 0.25) is 0 Å². The lowest BCUT2D eigenvalue weighted by molar-refractivity contribution is -0.140. The molecule has 0 unspecified atom stereocenters. The highest BCUT2D eigenvalue weighted by atomic mass is 16.4. The van der Waals surface area contributed by atoms with Crippen molar-refractivity contribution in [3.8, 4) is 5.75 Å². The maximum absolute atomic E-state index is 14.4. The van der Waals surface area contributed by atoms with Crippen molar-refractivity contribution in [3.63, 3.8) is 0 Å². The number of carbonyl (C=O) groups excluding carboxylic acids is 20. The summed E-state index contributed by atoms with van der Waals surface area (Å²) in [6.07, 6.45) is -6.01. The van der Waals surface area contributed by atoms with Gasteiger partial charge in [0.1, 0.15) is 96.4 Å². The van der Waals surface area contributed by atoms with Crippen LogP contribution >= 0.6 is 0 Å². The number of aliphatic hydroxyl groups excluding tert-OH is 3. The van der Waals surface area contributed by atoms with Gasteiger partial charge in [0, 0.05) is 32.4 Å². The van der Waals surface area contributed by atoms with Crippen LogP contribution in [0, 0.1) is 23.2 Å². The van der Waals surface area contributed by atoms with E-state index in [2.05, 4.69) is 90.4 Å². The van der Waals surface area contributed by atoms with Crippen LogP contribution in [0.5, 0.6) is 5.75 Å². The third-order valence-corrected chi connectivity index (χ3v) is 20.3. The Morgan fingerprint density at radius 3 is 1.26 bits per heavy atom. The lowest BCUT2D eigenvalue weighted by Gasteiger charge is -2.28. The second kappa shape index (κ2) is 59.8. The van der Waals surface area contributed by atoms with E-state index in [1.54, 1.807) is 41.5 Å². The molecule has 0 saturated carbocycles. The van der Waals surface area contributed by atoms with Crippen molar-refractivity contribution in [3.05, 3.63) is 29.8 Å². The van der Waals surface area contributed by atoms with Crippen molar-refractivity contribution >= 4 is 136 Å². The highest BCUT2D eigenvalue weighted by molar-refractivity contribution is 6.02. The van der Waals surface area contributed by atoms with Gasteiger partial charge in [-0.05, 0) is 133 Å². The number of amides is 20. The zero-order valence-corrected chi connectivity index (χ0v) is 76.0. The fraction of sp³-hybridized carbons (Fsp3) is 0.642. The number of aliphatic hydroxyl groups is 3. The van der Waals surface area contributed by atoms with Crippen molar-refractivity contribution in [2.24, 2.45) is 52.2 Å². The van der Waals surface area contributed by atoms with Crippen LogP contribution in [0.4, 0.5) is 0 Å². The molecule has 53 heteroatoms. The predicted octanol–water partition coefficient (Wildman–Crippen LogP) is -12.2. The standard InChI is InChI=1S/C81H133N25O28/c1-38(2)27-49(103-79(133)57-15-12-26-106(57)62(115)35-92-70(124)55(36-107)105-80(134)65(85)42(8)109)68(122)90-34-61(114)95-54(32-59(84)112)77(131)101-50(28-39(3)4)74(128)93-41(7)67(121)97-47(20-22-63(116)117)72(126)99-48(21-23-64(118)119)73(127)100-51(29-40(5)6)75(129)102-53(31-58(83)111)69(123)91-33-60(113)94-52(30-43-16-18-44(110)19-17-43)76(130)104-56(37-108)78(132)98-46(14-11-25-89-81(87)88)71(125)96-45(66(86)120)13-9-10-24-82/h16-19,38-42,45-57,65,107-110H,9-15,20-37,82,85H2,1-8H3,(H2,83,111)(H2,84,112)(H2,86,120)(H,90,122)(H,91,123)(H,92,124)(H,93,128)(H,94,113)(H,95,114)(H,96,125)(H,97,121)(H,98,132)(H,99,126)(H,100,127)(H,101,131)(H,102,129)(H,103,133)(H,104,130)(H,105,134)(H,116,117)(H,118,119)(H4,87,88,89)/t41-,42+,45-,46-,47-,48-,49-,50-,51-,52-,53-,54-,55-,56-,57-,65-/m0/s1. The topological polar surface area (TPSA) is 885 Å². The number of benzene rings is 1. The zero-order chi connectivity index (χ0) is 102. The molecule has 0 aromatic heterocycles. The summed E-state index contributed by atoms with van der Waals surface area (Å²) in [4.78, 5) is 296. The van der Waals surface area contributed by atoms with Crippen molar-refractivity contribution in [2.45, 2.75) is 261 Å². The normalized spacial score (nSPS) is 15.6. The molecule has 16 atom stereocenters. The minimum atomic E-state index is -1.96. The molecule has 1 fully saturated rings. The van der Waals surface area contributed by atoms with Gasteiger partial charge in [0.15, 0.2) is 5.96 Å². The van der Waals surface area contributed by atoms with Crippen LogP contribution < -0.4 is 125 Å². The van der Waals surface area contributed by atoms with Gasteiger partial charge < -0.3 is 160 Å². The first kappa shape index (κ1) is 116. The smallest absolute Gasteiger partial charge is 0.303 e. The number of nitrogens with two attached hydrogens (primary N) is 6. The van der Waals surface area contributed by atoms with Crippen LogP contribution in [-0.2, 0) is 112 Å². The van der Waals surface area contributed by atoms with E-state index in [0.717, 1.165) is 11.8 Å². The summed E-state index contributed by atoms with van der Waals surface area (Å²) in [7, 11) is 0. The average molecular weight is 1910 g/mol. The molecule has 0 aliphatic carbocycles. The molecule has 1 aliphatic heterocycles. The van der Waals surface area contributed by atoms with Gasteiger partial charge in [-0.2, -0.15) is 0 Å².